The molecule has 0 atom stereocenters. The van der Waals surface area contributed by atoms with Crippen molar-refractivity contribution in [3.05, 3.63) is 69.3 Å². The zero-order valence-electron chi connectivity index (χ0n) is 14.4. The fraction of sp³-hybridized carbons (Fsp3) is 0.176. The van der Waals surface area contributed by atoms with Gasteiger partial charge in [-0.25, -0.2) is 14.6 Å². The van der Waals surface area contributed by atoms with E-state index in [1.54, 1.807) is 17.7 Å². The van der Waals surface area contributed by atoms with E-state index < -0.39 is 10.8 Å². The fourth-order valence-corrected chi connectivity index (χ4v) is 2.58. The maximum absolute atomic E-state index is 12.4. The molecule has 0 aliphatic rings. The maximum Gasteiger partial charge on any atom is 0.272 e. The van der Waals surface area contributed by atoms with E-state index in [2.05, 4.69) is 20.4 Å². The molecule has 0 bridgehead atoms. The summed E-state index contributed by atoms with van der Waals surface area (Å²) in [5.74, 6) is 0.422. The molecule has 9 heteroatoms. The number of nitrogens with zero attached hydrogens (tertiary/aromatic N) is 5. The number of nitrogens with one attached hydrogen (secondary N) is 1. The number of aromatic nitrogens is 4. The van der Waals surface area contributed by atoms with Crippen molar-refractivity contribution in [2.45, 2.75) is 20.8 Å². The first kappa shape index (κ1) is 17.2. The molecule has 1 N–H and O–H groups in total. The average Bonchev–Trinajstić information content (AvgIpc) is 2.93. The van der Waals surface area contributed by atoms with Crippen LogP contribution in [0.1, 0.15) is 27.3 Å². The molecule has 0 spiro atoms. The summed E-state index contributed by atoms with van der Waals surface area (Å²) in [4.78, 5) is 31.0. The highest BCUT2D eigenvalue weighted by Crippen LogP contribution is 2.20. The van der Waals surface area contributed by atoms with E-state index in [4.69, 9.17) is 0 Å². The smallest absolute Gasteiger partial charge is 0.272 e. The summed E-state index contributed by atoms with van der Waals surface area (Å²) in [6.07, 6.45) is 1.34. The molecular weight excluding hydrogens is 336 g/mol. The number of nitro groups is 1. The number of anilines is 1. The van der Waals surface area contributed by atoms with Crippen molar-refractivity contribution in [3.63, 3.8) is 0 Å². The van der Waals surface area contributed by atoms with Crippen molar-refractivity contribution in [1.29, 1.82) is 0 Å². The molecule has 0 unspecified atom stereocenters. The molecule has 3 aromatic rings. The fourth-order valence-electron chi connectivity index (χ4n) is 2.58. The first-order chi connectivity index (χ1) is 12.3. The summed E-state index contributed by atoms with van der Waals surface area (Å²) in [7, 11) is 0. The molecule has 0 saturated carbocycles. The number of carbonyl (C=O) groups excluding carboxylic acids is 1. The second kappa shape index (κ2) is 6.71. The highest BCUT2D eigenvalue weighted by atomic mass is 16.6. The quantitative estimate of drug-likeness (QED) is 0.570. The third-order valence-electron chi connectivity index (χ3n) is 3.78. The Balaban J connectivity index is 1.84. The van der Waals surface area contributed by atoms with Crippen molar-refractivity contribution in [3.8, 4) is 5.82 Å². The first-order valence-electron chi connectivity index (χ1n) is 7.77. The Bertz CT molecular complexity index is 1010. The van der Waals surface area contributed by atoms with Gasteiger partial charge in [0.1, 0.15) is 12.1 Å². The average molecular weight is 352 g/mol. The minimum Gasteiger partial charge on any atom is -0.306 e. The van der Waals surface area contributed by atoms with Crippen LogP contribution in [0.15, 0.2) is 36.7 Å². The third kappa shape index (κ3) is 3.41. The molecule has 0 saturated heterocycles. The molecule has 9 nitrogen and oxygen atoms in total. The van der Waals surface area contributed by atoms with Crippen LogP contribution in [-0.2, 0) is 0 Å². The molecule has 2 heterocycles. The van der Waals surface area contributed by atoms with Crippen LogP contribution in [0, 0.1) is 30.9 Å². The maximum atomic E-state index is 12.4. The van der Waals surface area contributed by atoms with Gasteiger partial charge in [-0.3, -0.25) is 14.9 Å². The zero-order valence-corrected chi connectivity index (χ0v) is 14.4. The van der Waals surface area contributed by atoms with Crippen molar-refractivity contribution in [2.24, 2.45) is 0 Å². The van der Waals surface area contributed by atoms with Crippen molar-refractivity contribution in [1.82, 2.24) is 19.7 Å². The van der Waals surface area contributed by atoms with Gasteiger partial charge in [0.2, 0.25) is 0 Å². The summed E-state index contributed by atoms with van der Waals surface area (Å²) in [6, 6.07) is 7.71. The zero-order chi connectivity index (χ0) is 18.8. The van der Waals surface area contributed by atoms with Gasteiger partial charge in [0.05, 0.1) is 10.6 Å². The second-order valence-electron chi connectivity index (χ2n) is 5.81. The largest absolute Gasteiger partial charge is 0.306 e. The molecule has 132 valence electrons. The molecule has 0 fully saturated rings. The van der Waals surface area contributed by atoms with E-state index in [1.807, 2.05) is 19.9 Å². The van der Waals surface area contributed by atoms with Crippen LogP contribution in [0.25, 0.3) is 5.82 Å². The van der Waals surface area contributed by atoms with E-state index in [0.29, 0.717) is 22.8 Å². The van der Waals surface area contributed by atoms with Crippen molar-refractivity contribution < 1.29 is 9.72 Å². The van der Waals surface area contributed by atoms with Gasteiger partial charge in [-0.1, -0.05) is 0 Å². The van der Waals surface area contributed by atoms with Crippen molar-refractivity contribution in [2.75, 3.05) is 5.32 Å². The van der Waals surface area contributed by atoms with Crippen LogP contribution >= 0.6 is 0 Å². The van der Waals surface area contributed by atoms with Gasteiger partial charge >= 0.3 is 0 Å². The number of benzene rings is 1. The summed E-state index contributed by atoms with van der Waals surface area (Å²) in [5.41, 5.74) is 2.45. The number of nitro benzene ring substituents is 1. The van der Waals surface area contributed by atoms with E-state index in [0.717, 1.165) is 11.4 Å². The minimum atomic E-state index is -0.484. The molecule has 3 rings (SSSR count). The SMILES string of the molecule is Cc1cc(C)n(-c2cc(NC(=O)c3ccc([N+](=O)[O-])c(C)c3)ncn2)n1. The lowest BCUT2D eigenvalue weighted by atomic mass is 10.1. The third-order valence-corrected chi connectivity index (χ3v) is 3.78. The lowest BCUT2D eigenvalue weighted by Gasteiger charge is -2.08. The van der Waals surface area contributed by atoms with Crippen LogP contribution < -0.4 is 5.32 Å². The van der Waals surface area contributed by atoms with Gasteiger partial charge < -0.3 is 5.32 Å². The van der Waals surface area contributed by atoms with Gasteiger partial charge in [0.15, 0.2) is 5.82 Å². The molecule has 2 aromatic heterocycles. The van der Waals surface area contributed by atoms with E-state index in [1.165, 1.54) is 24.5 Å². The summed E-state index contributed by atoms with van der Waals surface area (Å²) >= 11 is 0. The van der Waals surface area contributed by atoms with Gasteiger partial charge in [-0.05, 0) is 39.0 Å². The number of aryl methyl sites for hydroxylation is 3. The Morgan fingerprint density at radius 1 is 1.15 bits per heavy atom. The predicted octanol–water partition coefficient (Wildman–Crippen LogP) is 2.75. The highest BCUT2D eigenvalue weighted by Gasteiger charge is 2.15. The standard InChI is InChI=1S/C17H16N6O3/c1-10-6-13(4-5-14(10)23(25)26)17(24)20-15-8-16(19-9-18-15)22-12(3)7-11(2)21-22/h4-9H,1-3H3,(H,18,19,20,24). The molecule has 0 radical (unpaired) electrons. The summed E-state index contributed by atoms with van der Waals surface area (Å²) in [5, 5.41) is 17.9. The van der Waals surface area contributed by atoms with E-state index in [9.17, 15) is 14.9 Å². The van der Waals surface area contributed by atoms with Crippen molar-refractivity contribution >= 4 is 17.4 Å². The van der Waals surface area contributed by atoms with Gasteiger partial charge in [0.25, 0.3) is 11.6 Å². The Morgan fingerprint density at radius 2 is 1.92 bits per heavy atom. The number of amides is 1. The normalized spacial score (nSPS) is 10.6. The number of hydrogen-bond acceptors (Lipinski definition) is 6. The minimum absolute atomic E-state index is 0.0320. The second-order valence-corrected chi connectivity index (χ2v) is 5.81. The number of carbonyl (C=O) groups is 1. The van der Waals surface area contributed by atoms with E-state index in [-0.39, 0.29) is 5.69 Å². The number of hydrogen-bond donors (Lipinski definition) is 1. The van der Waals surface area contributed by atoms with Crippen LogP contribution in [0.3, 0.4) is 0 Å². The van der Waals surface area contributed by atoms with Gasteiger partial charge in [-0.2, -0.15) is 5.10 Å². The molecule has 26 heavy (non-hydrogen) atoms. The molecular formula is C17H16N6O3. The Kier molecular flexibility index (Phi) is 4.44. The predicted molar refractivity (Wildman–Crippen MR) is 94.4 cm³/mol. The topological polar surface area (TPSA) is 116 Å². The summed E-state index contributed by atoms with van der Waals surface area (Å²) < 4.78 is 1.66. The van der Waals surface area contributed by atoms with Crippen LogP contribution in [0.5, 0.6) is 0 Å². The molecule has 0 aliphatic heterocycles. The lowest BCUT2D eigenvalue weighted by Crippen LogP contribution is -2.14. The highest BCUT2D eigenvalue weighted by molar-refractivity contribution is 6.04. The van der Waals surface area contributed by atoms with Crippen LogP contribution in [0.4, 0.5) is 11.5 Å². The monoisotopic (exact) mass is 352 g/mol. The molecule has 1 aromatic carbocycles. The molecule has 1 amide bonds. The summed E-state index contributed by atoms with van der Waals surface area (Å²) in [6.45, 7) is 5.37. The van der Waals surface area contributed by atoms with Gasteiger partial charge in [0, 0.05) is 29.0 Å². The van der Waals surface area contributed by atoms with Gasteiger partial charge in [-0.15, -0.1) is 0 Å². The molecule has 0 aliphatic carbocycles. The Hall–Kier alpha value is -3.62. The van der Waals surface area contributed by atoms with Crippen LogP contribution in [-0.4, -0.2) is 30.6 Å². The Labute approximate surface area is 148 Å². The van der Waals surface area contributed by atoms with Crippen LogP contribution in [0.2, 0.25) is 0 Å². The number of rotatable bonds is 4. The Morgan fingerprint density at radius 3 is 2.54 bits per heavy atom. The first-order valence-corrected chi connectivity index (χ1v) is 7.77. The van der Waals surface area contributed by atoms with E-state index >= 15 is 0 Å². The lowest BCUT2D eigenvalue weighted by molar-refractivity contribution is -0.385.